The molecule has 0 aromatic heterocycles. The maximum atomic E-state index is 11.4. The molecule has 92 valence electrons. The van der Waals surface area contributed by atoms with Crippen LogP contribution in [0, 0.1) is 0 Å². The summed E-state index contributed by atoms with van der Waals surface area (Å²) in [6.07, 6.45) is 4.68. The third-order valence-electron chi connectivity index (χ3n) is 1.98. The van der Waals surface area contributed by atoms with Crippen LogP contribution < -0.4 is 0 Å². The molecule has 0 saturated heterocycles. The van der Waals surface area contributed by atoms with E-state index in [2.05, 4.69) is 20.1 Å². The fraction of sp³-hybridized carbons (Fsp3) is 0.583. The zero-order chi connectivity index (χ0) is 12.2. The van der Waals surface area contributed by atoms with E-state index in [1.165, 1.54) is 12.3 Å². The summed E-state index contributed by atoms with van der Waals surface area (Å²) < 4.78 is 10.2. The van der Waals surface area contributed by atoms with Gasteiger partial charge in [0.25, 0.3) is 0 Å². The summed E-state index contributed by atoms with van der Waals surface area (Å²) in [6, 6.07) is 0. The Hall–Kier alpha value is -1.29. The molecule has 0 heterocycles. The largest absolute Gasteiger partial charge is 0.499 e. The van der Waals surface area contributed by atoms with Gasteiger partial charge in [-0.2, -0.15) is 0 Å². The zero-order valence-corrected chi connectivity index (χ0v) is 9.98. The van der Waals surface area contributed by atoms with E-state index in [1.54, 1.807) is 4.90 Å². The molecule has 0 bridgehead atoms. The van der Waals surface area contributed by atoms with Gasteiger partial charge < -0.3 is 14.4 Å². The molecule has 0 saturated carbocycles. The van der Waals surface area contributed by atoms with Crippen LogP contribution in [0.5, 0.6) is 0 Å². The molecule has 0 rings (SSSR count). The van der Waals surface area contributed by atoms with E-state index >= 15 is 0 Å². The van der Waals surface area contributed by atoms with Gasteiger partial charge in [-0.3, -0.25) is 4.79 Å². The first-order valence-corrected chi connectivity index (χ1v) is 5.47. The van der Waals surface area contributed by atoms with Gasteiger partial charge in [-0.1, -0.05) is 26.5 Å². The number of unbranched alkanes of at least 4 members (excludes halogenated alkanes) is 1. The zero-order valence-electron chi connectivity index (χ0n) is 9.98. The molecular formula is C12H21NO3. The highest BCUT2D eigenvalue weighted by molar-refractivity contribution is 5.86. The van der Waals surface area contributed by atoms with Gasteiger partial charge in [0.05, 0.1) is 12.9 Å². The van der Waals surface area contributed by atoms with E-state index in [1.807, 2.05) is 0 Å². The first-order valence-electron chi connectivity index (χ1n) is 5.47. The monoisotopic (exact) mass is 227 g/mol. The van der Waals surface area contributed by atoms with Gasteiger partial charge in [-0.05, 0) is 12.5 Å². The Morgan fingerprint density at radius 3 is 2.69 bits per heavy atom. The number of carbonyl (C=O) groups excluding carboxylic acids is 1. The molecule has 0 fully saturated rings. The second-order valence-electron chi connectivity index (χ2n) is 3.23. The maximum Gasteiger partial charge on any atom is 0.247 e. The van der Waals surface area contributed by atoms with Crippen molar-refractivity contribution in [3.05, 3.63) is 25.5 Å². The first-order chi connectivity index (χ1) is 7.76. The van der Waals surface area contributed by atoms with E-state index in [0.29, 0.717) is 19.8 Å². The van der Waals surface area contributed by atoms with E-state index < -0.39 is 0 Å². The fourth-order valence-corrected chi connectivity index (χ4v) is 1.08. The molecule has 0 unspecified atom stereocenters. The minimum Gasteiger partial charge on any atom is -0.499 e. The SMILES string of the molecule is C=COCCOCN(CCCC)C(=O)C=C. The quantitative estimate of drug-likeness (QED) is 0.248. The van der Waals surface area contributed by atoms with Crippen LogP contribution in [0.2, 0.25) is 0 Å². The normalized spacial score (nSPS) is 9.56. The van der Waals surface area contributed by atoms with Crippen LogP contribution >= 0.6 is 0 Å². The lowest BCUT2D eigenvalue weighted by molar-refractivity contribution is -0.132. The number of nitrogens with zero attached hydrogens (tertiary/aromatic N) is 1. The Labute approximate surface area is 97.5 Å². The number of hydrogen-bond donors (Lipinski definition) is 0. The smallest absolute Gasteiger partial charge is 0.247 e. The Morgan fingerprint density at radius 2 is 2.12 bits per heavy atom. The van der Waals surface area contributed by atoms with Crippen molar-refractivity contribution in [3.63, 3.8) is 0 Å². The molecule has 1 amide bonds. The van der Waals surface area contributed by atoms with Gasteiger partial charge in [0.15, 0.2) is 0 Å². The number of ether oxygens (including phenoxy) is 2. The highest BCUT2D eigenvalue weighted by Gasteiger charge is 2.08. The van der Waals surface area contributed by atoms with Gasteiger partial charge in [0.2, 0.25) is 5.91 Å². The van der Waals surface area contributed by atoms with Crippen LogP contribution in [0.1, 0.15) is 19.8 Å². The number of amides is 1. The minimum atomic E-state index is -0.0990. The van der Waals surface area contributed by atoms with Crippen molar-refractivity contribution in [2.24, 2.45) is 0 Å². The van der Waals surface area contributed by atoms with Crippen molar-refractivity contribution < 1.29 is 14.3 Å². The molecule has 4 heteroatoms. The third-order valence-corrected chi connectivity index (χ3v) is 1.98. The minimum absolute atomic E-state index is 0.0990. The van der Waals surface area contributed by atoms with Crippen molar-refractivity contribution in [1.82, 2.24) is 4.90 Å². The van der Waals surface area contributed by atoms with Gasteiger partial charge in [-0.15, -0.1) is 0 Å². The lowest BCUT2D eigenvalue weighted by Gasteiger charge is -2.20. The van der Waals surface area contributed by atoms with Gasteiger partial charge in [-0.25, -0.2) is 0 Å². The van der Waals surface area contributed by atoms with Crippen LogP contribution in [0.3, 0.4) is 0 Å². The molecule has 0 radical (unpaired) electrons. The van der Waals surface area contributed by atoms with Crippen molar-refractivity contribution in [3.8, 4) is 0 Å². The van der Waals surface area contributed by atoms with E-state index in [4.69, 9.17) is 9.47 Å². The van der Waals surface area contributed by atoms with Crippen LogP contribution in [-0.4, -0.2) is 37.3 Å². The summed E-state index contributed by atoms with van der Waals surface area (Å²) in [5.41, 5.74) is 0. The third kappa shape index (κ3) is 7.06. The van der Waals surface area contributed by atoms with E-state index in [-0.39, 0.29) is 12.6 Å². The van der Waals surface area contributed by atoms with Crippen molar-refractivity contribution in [2.45, 2.75) is 19.8 Å². The molecule has 0 N–H and O–H groups in total. The Balaban J connectivity index is 3.77. The van der Waals surface area contributed by atoms with Crippen molar-refractivity contribution in [2.75, 3.05) is 26.5 Å². The van der Waals surface area contributed by atoms with E-state index in [9.17, 15) is 4.79 Å². The maximum absolute atomic E-state index is 11.4. The summed E-state index contributed by atoms with van der Waals surface area (Å²) in [5, 5.41) is 0. The average molecular weight is 227 g/mol. The molecule has 16 heavy (non-hydrogen) atoms. The Bertz CT molecular complexity index is 216. The molecule has 0 spiro atoms. The molecule has 0 aromatic carbocycles. The highest BCUT2D eigenvalue weighted by Crippen LogP contribution is 1.97. The summed E-state index contributed by atoms with van der Waals surface area (Å²) in [5.74, 6) is -0.0990. The van der Waals surface area contributed by atoms with Gasteiger partial charge in [0.1, 0.15) is 13.3 Å². The number of rotatable bonds is 10. The van der Waals surface area contributed by atoms with Crippen LogP contribution in [0.15, 0.2) is 25.5 Å². The van der Waals surface area contributed by atoms with Crippen molar-refractivity contribution >= 4 is 5.91 Å². The molecule has 0 aliphatic carbocycles. The average Bonchev–Trinajstić information content (AvgIpc) is 2.31. The van der Waals surface area contributed by atoms with Crippen molar-refractivity contribution in [1.29, 1.82) is 0 Å². The predicted octanol–water partition coefficient (Wildman–Crippen LogP) is 1.94. The van der Waals surface area contributed by atoms with Crippen LogP contribution in [0.4, 0.5) is 0 Å². The molecule has 0 aliphatic rings. The standard InChI is InChI=1S/C12H21NO3/c1-4-7-8-13(12(14)5-2)11-16-10-9-15-6-3/h5-6H,2-4,7-11H2,1H3. The summed E-state index contributed by atoms with van der Waals surface area (Å²) in [7, 11) is 0. The van der Waals surface area contributed by atoms with Gasteiger partial charge in [0, 0.05) is 6.54 Å². The van der Waals surface area contributed by atoms with Crippen LogP contribution in [-0.2, 0) is 14.3 Å². The second-order valence-corrected chi connectivity index (χ2v) is 3.23. The highest BCUT2D eigenvalue weighted by atomic mass is 16.5. The molecule has 0 aliphatic heterocycles. The molecule has 0 atom stereocenters. The first kappa shape index (κ1) is 14.7. The molecule has 0 aromatic rings. The second kappa shape index (κ2) is 10.2. The van der Waals surface area contributed by atoms with Crippen LogP contribution in [0.25, 0.3) is 0 Å². The summed E-state index contributed by atoms with van der Waals surface area (Å²) in [4.78, 5) is 13.0. The van der Waals surface area contributed by atoms with E-state index in [0.717, 1.165) is 12.8 Å². The number of hydrogen-bond acceptors (Lipinski definition) is 3. The Morgan fingerprint density at radius 1 is 1.38 bits per heavy atom. The lowest BCUT2D eigenvalue weighted by Crippen LogP contribution is -2.33. The summed E-state index contributed by atoms with van der Waals surface area (Å²) in [6.45, 7) is 10.8. The fourth-order valence-electron chi connectivity index (χ4n) is 1.08. The predicted molar refractivity (Wildman–Crippen MR) is 63.8 cm³/mol. The summed E-state index contributed by atoms with van der Waals surface area (Å²) >= 11 is 0. The molecule has 4 nitrogen and oxygen atoms in total. The topological polar surface area (TPSA) is 38.8 Å². The van der Waals surface area contributed by atoms with Gasteiger partial charge >= 0.3 is 0 Å². The lowest BCUT2D eigenvalue weighted by atomic mass is 10.3. The molecular weight excluding hydrogens is 206 g/mol. The Kier molecular flexibility index (Phi) is 9.41. The number of carbonyl (C=O) groups is 1.